The van der Waals surface area contributed by atoms with Gasteiger partial charge in [0.05, 0.1) is 18.2 Å². The number of rotatable bonds is 6. The highest BCUT2D eigenvalue weighted by Gasteiger charge is 2.29. The fourth-order valence-electron chi connectivity index (χ4n) is 4.12. The average Bonchev–Trinajstić information content (AvgIpc) is 3.30. The van der Waals surface area contributed by atoms with Crippen LogP contribution in [0.25, 0.3) is 11.1 Å². The third kappa shape index (κ3) is 5.14. The van der Waals surface area contributed by atoms with Gasteiger partial charge in [-0.25, -0.2) is 4.79 Å². The Morgan fingerprint density at radius 2 is 1.75 bits per heavy atom. The van der Waals surface area contributed by atoms with E-state index in [9.17, 15) is 9.59 Å². The highest BCUT2D eigenvalue weighted by molar-refractivity contribution is 7.18. The van der Waals surface area contributed by atoms with Crippen LogP contribution in [-0.2, 0) is 14.3 Å². The van der Waals surface area contributed by atoms with E-state index < -0.39 is 12.1 Å². The third-order valence-corrected chi connectivity index (χ3v) is 7.24. The minimum atomic E-state index is -0.801. The van der Waals surface area contributed by atoms with Gasteiger partial charge in [-0.05, 0) is 25.1 Å². The molecule has 2 fully saturated rings. The van der Waals surface area contributed by atoms with Crippen molar-refractivity contribution < 1.29 is 19.1 Å². The molecule has 0 radical (unpaired) electrons. The SMILES string of the molecule is CCN1CCN(C(=O)[C@@H](C)OC(=O)c2cc(-c3ccccc3)c(N3CCOCC3)s2)CC1. The van der Waals surface area contributed by atoms with E-state index >= 15 is 0 Å². The van der Waals surface area contributed by atoms with Gasteiger partial charge < -0.3 is 24.2 Å². The largest absolute Gasteiger partial charge is 0.448 e. The van der Waals surface area contributed by atoms with Crippen LogP contribution in [0.5, 0.6) is 0 Å². The molecular formula is C24H31N3O4S. The second-order valence-corrected chi connectivity index (χ2v) is 9.13. The zero-order valence-electron chi connectivity index (χ0n) is 18.8. The summed E-state index contributed by atoms with van der Waals surface area (Å²) in [5.74, 6) is -0.568. The molecule has 1 aromatic heterocycles. The van der Waals surface area contributed by atoms with E-state index in [1.807, 2.05) is 36.4 Å². The maximum absolute atomic E-state index is 13.0. The lowest BCUT2D eigenvalue weighted by Crippen LogP contribution is -2.51. The second kappa shape index (κ2) is 10.5. The van der Waals surface area contributed by atoms with Gasteiger partial charge in [-0.3, -0.25) is 4.79 Å². The normalized spacial score (nSPS) is 18.4. The number of ether oxygens (including phenoxy) is 2. The highest BCUT2D eigenvalue weighted by Crippen LogP contribution is 2.39. The molecular weight excluding hydrogens is 426 g/mol. The van der Waals surface area contributed by atoms with Crippen molar-refractivity contribution in [2.75, 3.05) is 63.9 Å². The molecule has 172 valence electrons. The fourth-order valence-corrected chi connectivity index (χ4v) is 5.23. The number of carbonyl (C=O) groups is 2. The Morgan fingerprint density at radius 1 is 1.06 bits per heavy atom. The highest BCUT2D eigenvalue weighted by atomic mass is 32.1. The zero-order chi connectivity index (χ0) is 22.5. The van der Waals surface area contributed by atoms with E-state index in [1.165, 1.54) is 11.3 Å². The lowest BCUT2D eigenvalue weighted by Gasteiger charge is -2.35. The fraction of sp³-hybridized carbons (Fsp3) is 0.500. The Hall–Kier alpha value is -2.42. The summed E-state index contributed by atoms with van der Waals surface area (Å²) in [6.07, 6.45) is -0.801. The summed E-state index contributed by atoms with van der Waals surface area (Å²) in [7, 11) is 0. The van der Waals surface area contributed by atoms with Crippen LogP contribution in [0.3, 0.4) is 0 Å². The number of morpholine rings is 1. The number of carbonyl (C=O) groups excluding carboxylic acids is 2. The van der Waals surface area contributed by atoms with Gasteiger partial charge in [-0.2, -0.15) is 0 Å². The molecule has 0 unspecified atom stereocenters. The van der Waals surface area contributed by atoms with Crippen LogP contribution >= 0.6 is 11.3 Å². The molecule has 2 aliphatic heterocycles. The zero-order valence-corrected chi connectivity index (χ0v) is 19.6. The number of thiophene rings is 1. The van der Waals surface area contributed by atoms with Crippen molar-refractivity contribution in [1.29, 1.82) is 0 Å². The first kappa shape index (κ1) is 22.8. The average molecular weight is 458 g/mol. The van der Waals surface area contributed by atoms with Crippen LogP contribution in [0.15, 0.2) is 36.4 Å². The maximum atomic E-state index is 13.0. The Labute approximate surface area is 193 Å². The summed E-state index contributed by atoms with van der Waals surface area (Å²) in [4.78, 5) is 32.7. The van der Waals surface area contributed by atoms with Crippen LogP contribution in [0.4, 0.5) is 5.00 Å². The first-order valence-electron chi connectivity index (χ1n) is 11.3. The number of hydrogen-bond acceptors (Lipinski definition) is 7. The van der Waals surface area contributed by atoms with Gasteiger partial charge in [0.25, 0.3) is 5.91 Å². The van der Waals surface area contributed by atoms with Gasteiger partial charge in [0.15, 0.2) is 6.10 Å². The van der Waals surface area contributed by atoms with Gasteiger partial charge in [-0.15, -0.1) is 11.3 Å². The summed E-state index contributed by atoms with van der Waals surface area (Å²) >= 11 is 1.43. The molecule has 3 heterocycles. The van der Waals surface area contributed by atoms with Crippen LogP contribution in [0, 0.1) is 0 Å². The molecule has 0 N–H and O–H groups in total. The van der Waals surface area contributed by atoms with Crippen molar-refractivity contribution in [3.05, 3.63) is 41.3 Å². The van der Waals surface area contributed by atoms with Gasteiger partial charge in [-0.1, -0.05) is 37.3 Å². The standard InChI is InChI=1S/C24H31N3O4S/c1-3-25-9-11-26(12-10-25)22(28)18(2)31-24(29)21-17-20(19-7-5-4-6-8-19)23(32-21)27-13-15-30-16-14-27/h4-8,17-18H,3,9-16H2,1-2H3/t18-/m1/s1. The Bertz CT molecular complexity index is 919. The summed E-state index contributed by atoms with van der Waals surface area (Å²) in [5.41, 5.74) is 2.07. The maximum Gasteiger partial charge on any atom is 0.349 e. The smallest absolute Gasteiger partial charge is 0.349 e. The number of nitrogens with zero attached hydrogens (tertiary/aromatic N) is 3. The van der Waals surface area contributed by atoms with Crippen LogP contribution in [-0.4, -0.2) is 86.8 Å². The Kier molecular flexibility index (Phi) is 7.44. The summed E-state index contributed by atoms with van der Waals surface area (Å²) in [6, 6.07) is 11.9. The first-order chi connectivity index (χ1) is 15.6. The summed E-state index contributed by atoms with van der Waals surface area (Å²) in [6.45, 7) is 10.7. The topological polar surface area (TPSA) is 62.3 Å². The van der Waals surface area contributed by atoms with E-state index in [1.54, 1.807) is 11.8 Å². The van der Waals surface area contributed by atoms with Gasteiger partial charge in [0.2, 0.25) is 0 Å². The van der Waals surface area contributed by atoms with Crippen molar-refractivity contribution in [2.24, 2.45) is 0 Å². The molecule has 1 atom stereocenters. The third-order valence-electron chi connectivity index (χ3n) is 6.06. The number of benzene rings is 1. The van der Waals surface area contributed by atoms with Crippen molar-refractivity contribution >= 4 is 28.2 Å². The van der Waals surface area contributed by atoms with Crippen LogP contribution in [0.1, 0.15) is 23.5 Å². The minimum Gasteiger partial charge on any atom is -0.448 e. The Balaban J connectivity index is 1.48. The van der Waals surface area contributed by atoms with E-state index in [0.717, 1.165) is 48.9 Å². The number of piperazine rings is 1. The molecule has 0 spiro atoms. The van der Waals surface area contributed by atoms with Crippen LogP contribution in [0.2, 0.25) is 0 Å². The van der Waals surface area contributed by atoms with Crippen LogP contribution < -0.4 is 4.90 Å². The number of anilines is 1. The van der Waals surface area contributed by atoms with Crippen molar-refractivity contribution in [2.45, 2.75) is 20.0 Å². The predicted molar refractivity (Wildman–Crippen MR) is 126 cm³/mol. The first-order valence-corrected chi connectivity index (χ1v) is 12.1. The molecule has 32 heavy (non-hydrogen) atoms. The summed E-state index contributed by atoms with van der Waals surface area (Å²) in [5, 5.41) is 1.04. The minimum absolute atomic E-state index is 0.123. The molecule has 2 saturated heterocycles. The summed E-state index contributed by atoms with van der Waals surface area (Å²) < 4.78 is 11.1. The van der Waals surface area contributed by atoms with E-state index in [2.05, 4.69) is 16.7 Å². The van der Waals surface area contributed by atoms with Crippen molar-refractivity contribution in [3.8, 4) is 11.1 Å². The van der Waals surface area contributed by atoms with Gasteiger partial charge in [0.1, 0.15) is 4.88 Å². The predicted octanol–water partition coefficient (Wildman–Crippen LogP) is 2.96. The van der Waals surface area contributed by atoms with E-state index in [-0.39, 0.29) is 5.91 Å². The van der Waals surface area contributed by atoms with Crippen molar-refractivity contribution in [1.82, 2.24) is 9.80 Å². The van der Waals surface area contributed by atoms with Crippen molar-refractivity contribution in [3.63, 3.8) is 0 Å². The molecule has 8 heteroatoms. The lowest BCUT2D eigenvalue weighted by atomic mass is 10.1. The van der Waals surface area contributed by atoms with E-state index in [4.69, 9.17) is 9.47 Å². The van der Waals surface area contributed by atoms with E-state index in [0.29, 0.717) is 31.2 Å². The molecule has 2 aromatic rings. The molecule has 0 aliphatic carbocycles. The molecule has 4 rings (SSSR count). The van der Waals surface area contributed by atoms with Gasteiger partial charge >= 0.3 is 5.97 Å². The molecule has 1 amide bonds. The monoisotopic (exact) mass is 457 g/mol. The quantitative estimate of drug-likeness (QED) is 0.622. The number of likely N-dealkylation sites (N-methyl/N-ethyl adjacent to an activating group) is 1. The number of hydrogen-bond donors (Lipinski definition) is 0. The molecule has 0 bridgehead atoms. The molecule has 1 aromatic carbocycles. The van der Waals surface area contributed by atoms with Gasteiger partial charge in [0, 0.05) is 44.8 Å². The molecule has 0 saturated carbocycles. The number of amides is 1. The number of esters is 1. The Morgan fingerprint density at radius 3 is 2.41 bits per heavy atom. The lowest BCUT2D eigenvalue weighted by molar-refractivity contribution is -0.141. The molecule has 7 nitrogen and oxygen atoms in total. The molecule has 2 aliphatic rings. The second-order valence-electron chi connectivity index (χ2n) is 8.10.